The highest BCUT2D eigenvalue weighted by Crippen LogP contribution is 2.12. The van der Waals surface area contributed by atoms with E-state index in [0.29, 0.717) is 5.02 Å². The van der Waals surface area contributed by atoms with Crippen LogP contribution in [0, 0.1) is 0 Å². The average Bonchev–Trinajstić information content (AvgIpc) is 2.47. The molecule has 2 rings (SSSR count). The molecule has 0 saturated heterocycles. The second kappa shape index (κ2) is 7.38. The van der Waals surface area contributed by atoms with Crippen molar-refractivity contribution in [1.82, 2.24) is 5.43 Å². The molecule has 0 radical (unpaired) electrons. The SMILES string of the molecule is C/C(=N/NC(=O)Cc1ccc(Cl)cc1)c1cccc(Br)c1. The number of halogens is 2. The summed E-state index contributed by atoms with van der Waals surface area (Å²) < 4.78 is 0.974. The van der Waals surface area contributed by atoms with Gasteiger partial charge in [-0.05, 0) is 42.3 Å². The van der Waals surface area contributed by atoms with Crippen molar-refractivity contribution in [3.05, 3.63) is 69.2 Å². The van der Waals surface area contributed by atoms with Crippen LogP contribution in [0.4, 0.5) is 0 Å². The number of hydrazone groups is 1. The number of hydrogen-bond acceptors (Lipinski definition) is 2. The summed E-state index contributed by atoms with van der Waals surface area (Å²) in [6, 6.07) is 14.9. The molecule has 0 aliphatic heterocycles. The van der Waals surface area contributed by atoms with E-state index in [2.05, 4.69) is 26.5 Å². The maximum absolute atomic E-state index is 11.8. The van der Waals surface area contributed by atoms with E-state index in [1.54, 1.807) is 12.1 Å². The van der Waals surface area contributed by atoms with Gasteiger partial charge in [0.2, 0.25) is 5.91 Å². The van der Waals surface area contributed by atoms with Crippen LogP contribution in [-0.4, -0.2) is 11.6 Å². The number of rotatable bonds is 4. The van der Waals surface area contributed by atoms with E-state index in [-0.39, 0.29) is 12.3 Å². The Kier molecular flexibility index (Phi) is 5.53. The Morgan fingerprint density at radius 2 is 1.95 bits per heavy atom. The maximum atomic E-state index is 11.8. The number of nitrogens with one attached hydrogen (secondary N) is 1. The quantitative estimate of drug-likeness (QED) is 0.641. The van der Waals surface area contributed by atoms with Gasteiger partial charge in [0.05, 0.1) is 12.1 Å². The molecule has 0 atom stereocenters. The average molecular weight is 366 g/mol. The lowest BCUT2D eigenvalue weighted by Gasteiger charge is -2.04. The molecule has 0 spiro atoms. The third-order valence-corrected chi connectivity index (χ3v) is 3.61. The molecular formula is C16H14BrClN2O. The first-order chi connectivity index (χ1) is 10.0. The van der Waals surface area contributed by atoms with Crippen molar-refractivity contribution in [2.24, 2.45) is 5.10 Å². The van der Waals surface area contributed by atoms with Crippen LogP contribution >= 0.6 is 27.5 Å². The van der Waals surface area contributed by atoms with Gasteiger partial charge in [0.25, 0.3) is 0 Å². The van der Waals surface area contributed by atoms with E-state index in [0.717, 1.165) is 21.3 Å². The van der Waals surface area contributed by atoms with Crippen LogP contribution in [0.3, 0.4) is 0 Å². The molecule has 21 heavy (non-hydrogen) atoms. The first-order valence-corrected chi connectivity index (χ1v) is 7.55. The lowest BCUT2D eigenvalue weighted by atomic mass is 10.1. The molecule has 108 valence electrons. The minimum absolute atomic E-state index is 0.160. The van der Waals surface area contributed by atoms with Crippen molar-refractivity contribution in [1.29, 1.82) is 0 Å². The second-order valence-electron chi connectivity index (χ2n) is 4.55. The summed E-state index contributed by atoms with van der Waals surface area (Å²) in [5.41, 5.74) is 5.17. The lowest BCUT2D eigenvalue weighted by molar-refractivity contribution is -0.120. The van der Waals surface area contributed by atoms with Gasteiger partial charge < -0.3 is 0 Å². The zero-order valence-corrected chi connectivity index (χ0v) is 13.8. The Balaban J connectivity index is 1.96. The van der Waals surface area contributed by atoms with Gasteiger partial charge in [-0.15, -0.1) is 0 Å². The molecule has 1 N–H and O–H groups in total. The van der Waals surface area contributed by atoms with Crippen molar-refractivity contribution in [2.45, 2.75) is 13.3 Å². The van der Waals surface area contributed by atoms with Crippen molar-refractivity contribution in [3.63, 3.8) is 0 Å². The maximum Gasteiger partial charge on any atom is 0.244 e. The van der Waals surface area contributed by atoms with Gasteiger partial charge in [0.1, 0.15) is 0 Å². The first-order valence-electron chi connectivity index (χ1n) is 6.38. The van der Waals surface area contributed by atoms with Gasteiger partial charge in [0, 0.05) is 9.50 Å². The van der Waals surface area contributed by atoms with Gasteiger partial charge in [-0.2, -0.15) is 5.10 Å². The molecule has 0 unspecified atom stereocenters. The Morgan fingerprint density at radius 3 is 2.62 bits per heavy atom. The number of benzene rings is 2. The molecule has 2 aromatic carbocycles. The zero-order chi connectivity index (χ0) is 15.2. The van der Waals surface area contributed by atoms with Crippen molar-refractivity contribution < 1.29 is 4.79 Å². The number of hydrogen-bond donors (Lipinski definition) is 1. The lowest BCUT2D eigenvalue weighted by Crippen LogP contribution is -2.21. The first kappa shape index (κ1) is 15.7. The molecule has 0 bridgehead atoms. The summed E-state index contributed by atoms with van der Waals surface area (Å²) in [7, 11) is 0. The van der Waals surface area contributed by atoms with Crippen LogP contribution in [-0.2, 0) is 11.2 Å². The van der Waals surface area contributed by atoms with Crippen LogP contribution in [0.15, 0.2) is 58.1 Å². The van der Waals surface area contributed by atoms with Crippen LogP contribution in [0.2, 0.25) is 5.02 Å². The minimum Gasteiger partial charge on any atom is -0.273 e. The van der Waals surface area contributed by atoms with Crippen LogP contribution in [0.1, 0.15) is 18.1 Å². The zero-order valence-electron chi connectivity index (χ0n) is 11.4. The third-order valence-electron chi connectivity index (χ3n) is 2.87. The molecule has 2 aromatic rings. The predicted molar refractivity (Wildman–Crippen MR) is 89.7 cm³/mol. The van der Waals surface area contributed by atoms with Gasteiger partial charge in [-0.3, -0.25) is 4.79 Å². The highest BCUT2D eigenvalue weighted by atomic mass is 79.9. The largest absolute Gasteiger partial charge is 0.273 e. The fourth-order valence-electron chi connectivity index (χ4n) is 1.75. The smallest absolute Gasteiger partial charge is 0.244 e. The molecule has 0 fully saturated rings. The minimum atomic E-state index is -0.160. The third kappa shape index (κ3) is 4.99. The molecule has 0 aliphatic rings. The monoisotopic (exact) mass is 364 g/mol. The predicted octanol–water partition coefficient (Wildman–Crippen LogP) is 4.19. The highest BCUT2D eigenvalue weighted by molar-refractivity contribution is 9.10. The Hall–Kier alpha value is -1.65. The molecule has 0 aromatic heterocycles. The summed E-state index contributed by atoms with van der Waals surface area (Å²) in [6.45, 7) is 1.85. The fourth-order valence-corrected chi connectivity index (χ4v) is 2.28. The summed E-state index contributed by atoms with van der Waals surface area (Å²) in [4.78, 5) is 11.8. The van der Waals surface area contributed by atoms with Crippen LogP contribution < -0.4 is 5.43 Å². The molecule has 0 saturated carbocycles. The summed E-state index contributed by atoms with van der Waals surface area (Å²) in [6.07, 6.45) is 0.270. The summed E-state index contributed by atoms with van der Waals surface area (Å²) >= 11 is 9.21. The Morgan fingerprint density at radius 1 is 1.24 bits per heavy atom. The van der Waals surface area contributed by atoms with E-state index in [4.69, 9.17) is 11.6 Å². The number of amides is 1. The van der Waals surface area contributed by atoms with E-state index < -0.39 is 0 Å². The number of carbonyl (C=O) groups excluding carboxylic acids is 1. The van der Waals surface area contributed by atoms with Crippen molar-refractivity contribution >= 4 is 39.1 Å². The van der Waals surface area contributed by atoms with E-state index >= 15 is 0 Å². The fraction of sp³-hybridized carbons (Fsp3) is 0.125. The molecule has 3 nitrogen and oxygen atoms in total. The highest BCUT2D eigenvalue weighted by Gasteiger charge is 2.03. The second-order valence-corrected chi connectivity index (χ2v) is 5.90. The number of carbonyl (C=O) groups is 1. The van der Waals surface area contributed by atoms with Crippen molar-refractivity contribution in [3.8, 4) is 0 Å². The van der Waals surface area contributed by atoms with Crippen molar-refractivity contribution in [2.75, 3.05) is 0 Å². The van der Waals surface area contributed by atoms with Crippen LogP contribution in [0.5, 0.6) is 0 Å². The topological polar surface area (TPSA) is 41.5 Å². The van der Waals surface area contributed by atoms with Gasteiger partial charge in [-0.25, -0.2) is 5.43 Å². The van der Waals surface area contributed by atoms with Gasteiger partial charge >= 0.3 is 0 Å². The van der Waals surface area contributed by atoms with E-state index in [1.807, 2.05) is 43.3 Å². The normalized spacial score (nSPS) is 11.3. The molecule has 1 amide bonds. The van der Waals surface area contributed by atoms with E-state index in [9.17, 15) is 4.79 Å². The standard InChI is InChI=1S/C16H14BrClN2O/c1-11(13-3-2-4-14(17)10-13)19-20-16(21)9-12-5-7-15(18)8-6-12/h2-8,10H,9H2,1H3,(H,20,21)/b19-11-. The Labute approximate surface area is 137 Å². The Bertz CT molecular complexity index is 668. The van der Waals surface area contributed by atoms with Crippen LogP contribution in [0.25, 0.3) is 0 Å². The summed E-state index contributed by atoms with van der Waals surface area (Å²) in [5.74, 6) is -0.160. The number of nitrogens with zero attached hydrogens (tertiary/aromatic N) is 1. The van der Waals surface area contributed by atoms with E-state index in [1.165, 1.54) is 0 Å². The molecule has 0 aliphatic carbocycles. The molecular weight excluding hydrogens is 352 g/mol. The van der Waals surface area contributed by atoms with Gasteiger partial charge in [0.15, 0.2) is 0 Å². The van der Waals surface area contributed by atoms with Gasteiger partial charge in [-0.1, -0.05) is 51.8 Å². The molecule has 5 heteroatoms. The molecule has 0 heterocycles. The summed E-state index contributed by atoms with van der Waals surface area (Å²) in [5, 5.41) is 4.77.